The first-order valence-corrected chi connectivity index (χ1v) is 9.76. The van der Waals surface area contributed by atoms with Crippen LogP contribution in [-0.4, -0.2) is 64.8 Å². The monoisotopic (exact) mass is 429 g/mol. The first-order chi connectivity index (χ1) is 15.2. The molecule has 31 heavy (non-hydrogen) atoms. The number of anilines is 1. The molecule has 0 fully saturated rings. The highest BCUT2D eigenvalue weighted by Crippen LogP contribution is 2.38. The molecule has 0 radical (unpaired) electrons. The van der Waals surface area contributed by atoms with Crippen molar-refractivity contribution >= 4 is 16.6 Å². The predicted molar refractivity (Wildman–Crippen MR) is 117 cm³/mol. The van der Waals surface area contributed by atoms with Crippen molar-refractivity contribution in [3.63, 3.8) is 0 Å². The fraction of sp³-hybridized carbons (Fsp3) is 0.364. The minimum absolute atomic E-state index is 0.367. The molecule has 3 rings (SSSR count). The van der Waals surface area contributed by atoms with Gasteiger partial charge in [-0.15, -0.1) is 0 Å². The van der Waals surface area contributed by atoms with Crippen molar-refractivity contribution in [1.82, 2.24) is 9.97 Å². The van der Waals surface area contributed by atoms with E-state index in [-0.39, 0.29) is 0 Å². The molecule has 0 saturated heterocycles. The molecule has 2 aromatic carbocycles. The number of ether oxygens (including phenoxy) is 6. The molecule has 0 saturated carbocycles. The van der Waals surface area contributed by atoms with Gasteiger partial charge in [-0.05, 0) is 18.2 Å². The van der Waals surface area contributed by atoms with Crippen molar-refractivity contribution in [3.8, 4) is 28.9 Å². The van der Waals surface area contributed by atoms with E-state index in [1.165, 1.54) is 6.33 Å². The van der Waals surface area contributed by atoms with E-state index in [0.29, 0.717) is 66.2 Å². The Kier molecular flexibility index (Phi) is 8.08. The Morgan fingerprint density at radius 2 is 1.48 bits per heavy atom. The minimum Gasteiger partial charge on any atom is -0.493 e. The maximum atomic E-state index is 6.09. The molecule has 0 aliphatic rings. The summed E-state index contributed by atoms with van der Waals surface area (Å²) in [7, 11) is 6.66. The van der Waals surface area contributed by atoms with Crippen molar-refractivity contribution in [2.24, 2.45) is 0 Å². The largest absolute Gasteiger partial charge is 0.493 e. The van der Waals surface area contributed by atoms with E-state index >= 15 is 0 Å². The molecule has 166 valence electrons. The number of fused-ring (bicyclic) bond motifs is 1. The minimum atomic E-state index is 0.367. The van der Waals surface area contributed by atoms with Crippen molar-refractivity contribution < 1.29 is 28.4 Å². The molecule has 0 bridgehead atoms. The number of methoxy groups -OCH3 is 3. The Balaban J connectivity index is 1.97. The van der Waals surface area contributed by atoms with Crippen molar-refractivity contribution in [3.05, 3.63) is 36.7 Å². The highest BCUT2D eigenvalue weighted by atomic mass is 16.5. The van der Waals surface area contributed by atoms with E-state index in [1.54, 1.807) is 33.5 Å². The van der Waals surface area contributed by atoms with Crippen LogP contribution in [0.4, 0.5) is 5.69 Å². The van der Waals surface area contributed by atoms with Crippen LogP contribution >= 0.6 is 0 Å². The van der Waals surface area contributed by atoms with Gasteiger partial charge in [0.1, 0.15) is 19.5 Å². The van der Waals surface area contributed by atoms with Crippen LogP contribution in [0.2, 0.25) is 0 Å². The zero-order valence-corrected chi connectivity index (χ0v) is 18.1. The van der Waals surface area contributed by atoms with Crippen LogP contribution < -0.4 is 24.3 Å². The number of nitrogens with one attached hydrogen (secondary N) is 1. The second kappa shape index (κ2) is 11.2. The summed E-state index contributed by atoms with van der Waals surface area (Å²) in [6.07, 6.45) is 1.44. The summed E-state index contributed by atoms with van der Waals surface area (Å²) in [4.78, 5) is 8.67. The molecule has 0 atom stereocenters. The Bertz CT molecular complexity index is 998. The smallest absolute Gasteiger partial charge is 0.230 e. The van der Waals surface area contributed by atoms with Gasteiger partial charge in [0.2, 0.25) is 5.88 Å². The fourth-order valence-corrected chi connectivity index (χ4v) is 2.83. The number of hydrogen-bond acceptors (Lipinski definition) is 9. The average molecular weight is 429 g/mol. The van der Waals surface area contributed by atoms with E-state index in [1.807, 2.05) is 25.2 Å². The summed E-state index contributed by atoms with van der Waals surface area (Å²) in [5.41, 5.74) is 1.56. The van der Waals surface area contributed by atoms with Crippen LogP contribution in [0.25, 0.3) is 10.9 Å². The summed E-state index contributed by atoms with van der Waals surface area (Å²) in [6, 6.07) is 9.15. The second-order valence-electron chi connectivity index (χ2n) is 6.40. The third-order valence-corrected chi connectivity index (χ3v) is 4.41. The normalized spacial score (nSPS) is 10.7. The van der Waals surface area contributed by atoms with E-state index in [4.69, 9.17) is 28.4 Å². The van der Waals surface area contributed by atoms with Gasteiger partial charge in [-0.25, -0.2) is 9.97 Å². The SMILES string of the molecule is CNc1ccc(Oc2ncnc3cc(OCCOC)c(OCCOC)cc23)c(OC)c1. The molecule has 9 nitrogen and oxygen atoms in total. The number of benzene rings is 2. The summed E-state index contributed by atoms with van der Waals surface area (Å²) >= 11 is 0. The lowest BCUT2D eigenvalue weighted by Crippen LogP contribution is -2.09. The molecule has 0 amide bonds. The molecule has 0 aliphatic carbocycles. The molecular formula is C22H27N3O6. The fourth-order valence-electron chi connectivity index (χ4n) is 2.83. The van der Waals surface area contributed by atoms with E-state index in [2.05, 4.69) is 15.3 Å². The highest BCUT2D eigenvalue weighted by Gasteiger charge is 2.15. The number of rotatable bonds is 12. The number of hydrogen-bond donors (Lipinski definition) is 1. The van der Waals surface area contributed by atoms with Gasteiger partial charge >= 0.3 is 0 Å². The molecule has 1 N–H and O–H groups in total. The third kappa shape index (κ3) is 5.65. The lowest BCUT2D eigenvalue weighted by atomic mass is 10.2. The third-order valence-electron chi connectivity index (χ3n) is 4.41. The summed E-state index contributed by atoms with van der Waals surface area (Å²) in [5, 5.41) is 3.75. The predicted octanol–water partition coefficient (Wildman–Crippen LogP) is 3.52. The highest BCUT2D eigenvalue weighted by molar-refractivity contribution is 5.87. The Morgan fingerprint density at radius 1 is 0.774 bits per heavy atom. The van der Waals surface area contributed by atoms with Gasteiger partial charge < -0.3 is 33.7 Å². The number of aromatic nitrogens is 2. The summed E-state index contributed by atoms with van der Waals surface area (Å²) in [6.45, 7) is 1.65. The molecule has 0 spiro atoms. The standard InChI is InChI=1S/C22H27N3O6/c1-23-15-5-6-18(19(11-15)28-4)31-22-16-12-20(29-9-7-26-2)21(30-10-8-27-3)13-17(16)24-14-25-22/h5-6,11-14,23H,7-10H2,1-4H3. The van der Waals surface area contributed by atoms with Crippen LogP contribution in [0.5, 0.6) is 28.9 Å². The van der Waals surface area contributed by atoms with Gasteiger partial charge in [-0.2, -0.15) is 0 Å². The van der Waals surface area contributed by atoms with Crippen molar-refractivity contribution in [2.45, 2.75) is 0 Å². The first-order valence-electron chi connectivity index (χ1n) is 9.76. The van der Waals surface area contributed by atoms with Crippen molar-refractivity contribution in [2.75, 3.05) is 60.1 Å². The zero-order chi connectivity index (χ0) is 22.1. The van der Waals surface area contributed by atoms with Crippen LogP contribution in [0.1, 0.15) is 0 Å². The Labute approximate surface area is 181 Å². The van der Waals surface area contributed by atoms with Crippen molar-refractivity contribution in [1.29, 1.82) is 0 Å². The van der Waals surface area contributed by atoms with Gasteiger partial charge in [-0.3, -0.25) is 0 Å². The van der Waals surface area contributed by atoms with Crippen LogP contribution in [0.15, 0.2) is 36.7 Å². The molecule has 0 aliphatic heterocycles. The van der Waals surface area contributed by atoms with Gasteiger partial charge in [0.25, 0.3) is 0 Å². The van der Waals surface area contributed by atoms with E-state index in [0.717, 1.165) is 5.69 Å². The quantitative estimate of drug-likeness (QED) is 0.434. The molecule has 1 heterocycles. The maximum absolute atomic E-state index is 6.09. The molecule has 0 unspecified atom stereocenters. The van der Waals surface area contributed by atoms with Gasteiger partial charge in [0.15, 0.2) is 23.0 Å². The molecule has 9 heteroatoms. The van der Waals surface area contributed by atoms with Crippen LogP contribution in [0, 0.1) is 0 Å². The average Bonchev–Trinajstić information content (AvgIpc) is 2.80. The maximum Gasteiger partial charge on any atom is 0.230 e. The molecular weight excluding hydrogens is 402 g/mol. The first kappa shape index (κ1) is 22.4. The van der Waals surface area contributed by atoms with Crippen LogP contribution in [0.3, 0.4) is 0 Å². The van der Waals surface area contributed by atoms with Gasteiger partial charge in [-0.1, -0.05) is 0 Å². The van der Waals surface area contributed by atoms with E-state index < -0.39 is 0 Å². The molecule has 3 aromatic rings. The topological polar surface area (TPSA) is 93.2 Å². The molecule has 1 aromatic heterocycles. The lowest BCUT2D eigenvalue weighted by Gasteiger charge is -2.15. The van der Waals surface area contributed by atoms with E-state index in [9.17, 15) is 0 Å². The summed E-state index contributed by atoms with van der Waals surface area (Å²) < 4.78 is 33.4. The van der Waals surface area contributed by atoms with Gasteiger partial charge in [0, 0.05) is 39.1 Å². The number of nitrogens with zero attached hydrogens (tertiary/aromatic N) is 2. The van der Waals surface area contributed by atoms with Gasteiger partial charge in [0.05, 0.1) is 31.2 Å². The Hall–Kier alpha value is -3.30. The van der Waals surface area contributed by atoms with Crippen LogP contribution in [-0.2, 0) is 9.47 Å². The lowest BCUT2D eigenvalue weighted by molar-refractivity contribution is 0.132. The Morgan fingerprint density at radius 3 is 2.13 bits per heavy atom. The zero-order valence-electron chi connectivity index (χ0n) is 18.1. The second-order valence-corrected chi connectivity index (χ2v) is 6.40. The summed E-state index contributed by atoms with van der Waals surface area (Å²) in [5.74, 6) is 2.58.